The molecule has 3 rings (SSSR count). The van der Waals surface area contributed by atoms with Crippen molar-refractivity contribution in [3.63, 3.8) is 0 Å². The molecule has 0 unspecified atom stereocenters. The van der Waals surface area contributed by atoms with E-state index in [1.54, 1.807) is 18.2 Å². The Morgan fingerprint density at radius 2 is 1.51 bits per heavy atom. The Bertz CT molecular complexity index is 1390. The summed E-state index contributed by atoms with van der Waals surface area (Å²) < 4.78 is 56.5. The van der Waals surface area contributed by atoms with E-state index in [9.17, 15) is 26.8 Å². The van der Waals surface area contributed by atoms with Crippen LogP contribution in [0.3, 0.4) is 0 Å². The van der Waals surface area contributed by atoms with E-state index in [1.165, 1.54) is 49.4 Å². The molecule has 0 radical (unpaired) electrons. The van der Waals surface area contributed by atoms with Crippen LogP contribution in [0.1, 0.15) is 31.9 Å². The average Bonchev–Trinajstić information content (AvgIpc) is 2.90. The van der Waals surface area contributed by atoms with Crippen molar-refractivity contribution in [2.75, 3.05) is 17.4 Å². The average molecular weight is 558 g/mol. The van der Waals surface area contributed by atoms with Gasteiger partial charge in [0, 0.05) is 18.7 Å². The number of nitrogens with one attached hydrogen (secondary N) is 1. The quantitative estimate of drug-likeness (QED) is 0.372. The summed E-state index contributed by atoms with van der Waals surface area (Å²) in [4.78, 5) is 27.8. The van der Waals surface area contributed by atoms with Gasteiger partial charge in [0.25, 0.3) is 10.0 Å². The molecule has 3 aromatic carbocycles. The molecule has 0 aromatic heterocycles. The number of rotatable bonds is 11. The van der Waals surface area contributed by atoms with Crippen LogP contribution < -0.4 is 9.62 Å². The van der Waals surface area contributed by atoms with Gasteiger partial charge in [-0.15, -0.1) is 0 Å². The fraction of sp³-hybridized carbons (Fsp3) is 0.310. The smallest absolute Gasteiger partial charge is 0.264 e. The fourth-order valence-electron chi connectivity index (χ4n) is 3.82. The largest absolute Gasteiger partial charge is 0.354 e. The zero-order valence-corrected chi connectivity index (χ0v) is 23.2. The molecular formula is C29H33F2N3O4S. The van der Waals surface area contributed by atoms with Gasteiger partial charge in [0.2, 0.25) is 11.8 Å². The normalized spacial score (nSPS) is 12.2. The summed E-state index contributed by atoms with van der Waals surface area (Å²) in [5, 5.41) is 2.77. The zero-order chi connectivity index (χ0) is 28.7. The predicted octanol–water partition coefficient (Wildman–Crippen LogP) is 4.66. The first kappa shape index (κ1) is 29.8. The topological polar surface area (TPSA) is 86.8 Å². The van der Waals surface area contributed by atoms with Gasteiger partial charge >= 0.3 is 0 Å². The number of carbonyl (C=O) groups is 2. The summed E-state index contributed by atoms with van der Waals surface area (Å²) in [5.41, 5.74) is 1.08. The summed E-state index contributed by atoms with van der Waals surface area (Å²) >= 11 is 0. The first-order chi connectivity index (χ1) is 18.4. The fourth-order valence-corrected chi connectivity index (χ4v) is 5.23. The third kappa shape index (κ3) is 7.63. The standard InChI is InChI=1S/C29H33F2N3O4S/c1-20(2)17-32-29(36)22(4)33(18-23-7-5-6-8-27(23)31)28(35)19-34(25-13-11-24(30)12-14-25)39(37,38)26-15-9-21(3)10-16-26/h5-16,20,22H,17-19H2,1-4H3,(H,32,36)/t22-/m0/s1. The van der Waals surface area contributed by atoms with Gasteiger partial charge in [0.05, 0.1) is 10.6 Å². The number of benzene rings is 3. The van der Waals surface area contributed by atoms with Crippen molar-refractivity contribution in [3.05, 3.63) is 95.6 Å². The van der Waals surface area contributed by atoms with Gasteiger partial charge in [0.15, 0.2) is 0 Å². The van der Waals surface area contributed by atoms with Crippen LogP contribution in [0, 0.1) is 24.5 Å². The third-order valence-corrected chi connectivity index (χ3v) is 7.94. The molecule has 0 aliphatic rings. The van der Waals surface area contributed by atoms with Gasteiger partial charge in [-0.1, -0.05) is 49.7 Å². The number of aryl methyl sites for hydroxylation is 1. The highest BCUT2D eigenvalue weighted by Crippen LogP contribution is 2.25. The number of nitrogens with zero attached hydrogens (tertiary/aromatic N) is 2. The summed E-state index contributed by atoms with van der Waals surface area (Å²) in [6.07, 6.45) is 0. The second kappa shape index (κ2) is 12.8. The molecule has 0 saturated carbocycles. The van der Waals surface area contributed by atoms with Gasteiger partial charge < -0.3 is 10.2 Å². The Labute approximate surface area is 228 Å². The van der Waals surface area contributed by atoms with Crippen LogP contribution in [-0.2, 0) is 26.2 Å². The van der Waals surface area contributed by atoms with E-state index in [1.807, 2.05) is 20.8 Å². The van der Waals surface area contributed by atoms with Crippen molar-refractivity contribution in [2.45, 2.75) is 45.2 Å². The number of amides is 2. The minimum Gasteiger partial charge on any atom is -0.354 e. The monoisotopic (exact) mass is 557 g/mol. The minimum atomic E-state index is -4.27. The molecule has 0 saturated heterocycles. The van der Waals surface area contributed by atoms with Gasteiger partial charge in [0.1, 0.15) is 24.2 Å². The molecule has 39 heavy (non-hydrogen) atoms. The molecule has 0 fully saturated rings. The van der Waals surface area contributed by atoms with E-state index >= 15 is 0 Å². The van der Waals surface area contributed by atoms with Crippen LogP contribution in [0.2, 0.25) is 0 Å². The molecule has 0 heterocycles. The number of sulfonamides is 1. The van der Waals surface area contributed by atoms with Gasteiger partial charge in [-0.25, -0.2) is 17.2 Å². The highest BCUT2D eigenvalue weighted by molar-refractivity contribution is 7.92. The summed E-state index contributed by atoms with van der Waals surface area (Å²) in [7, 11) is -4.27. The van der Waals surface area contributed by atoms with Crippen molar-refractivity contribution in [3.8, 4) is 0 Å². The summed E-state index contributed by atoms with van der Waals surface area (Å²) in [5.74, 6) is -2.17. The number of hydrogen-bond acceptors (Lipinski definition) is 4. The number of carbonyl (C=O) groups excluding carboxylic acids is 2. The molecule has 3 aromatic rings. The molecule has 0 spiro atoms. The lowest BCUT2D eigenvalue weighted by molar-refractivity contribution is -0.139. The number of anilines is 1. The molecular weight excluding hydrogens is 524 g/mol. The zero-order valence-electron chi connectivity index (χ0n) is 22.4. The number of halogens is 2. The Balaban J connectivity index is 2.01. The van der Waals surface area contributed by atoms with Crippen molar-refractivity contribution in [1.82, 2.24) is 10.2 Å². The molecule has 208 valence electrons. The lowest BCUT2D eigenvalue weighted by Crippen LogP contribution is -2.51. The van der Waals surface area contributed by atoms with Gasteiger partial charge in [-0.2, -0.15) is 0 Å². The highest BCUT2D eigenvalue weighted by Gasteiger charge is 2.33. The molecule has 1 atom stereocenters. The summed E-state index contributed by atoms with van der Waals surface area (Å²) in [6, 6.07) is 15.6. The molecule has 10 heteroatoms. The van der Waals surface area contributed by atoms with Crippen LogP contribution in [0.15, 0.2) is 77.7 Å². The van der Waals surface area contributed by atoms with Crippen molar-refractivity contribution < 1.29 is 26.8 Å². The Hall–Kier alpha value is -3.79. The van der Waals surface area contributed by atoms with E-state index in [0.717, 1.165) is 26.9 Å². The highest BCUT2D eigenvalue weighted by atomic mass is 32.2. The van der Waals surface area contributed by atoms with Crippen LogP contribution >= 0.6 is 0 Å². The van der Waals surface area contributed by atoms with E-state index < -0.39 is 46.1 Å². The first-order valence-corrected chi connectivity index (χ1v) is 14.0. The molecule has 1 N–H and O–H groups in total. The Kier molecular flexibility index (Phi) is 9.80. The second-order valence-electron chi connectivity index (χ2n) is 9.73. The second-order valence-corrected chi connectivity index (χ2v) is 11.6. The van der Waals surface area contributed by atoms with Crippen LogP contribution in [0.25, 0.3) is 0 Å². The van der Waals surface area contributed by atoms with E-state index in [-0.39, 0.29) is 28.6 Å². The third-order valence-electron chi connectivity index (χ3n) is 6.15. The van der Waals surface area contributed by atoms with E-state index in [2.05, 4.69) is 5.32 Å². The number of hydrogen-bond donors (Lipinski definition) is 1. The van der Waals surface area contributed by atoms with Crippen LogP contribution in [-0.4, -0.2) is 44.3 Å². The molecule has 2 amide bonds. The van der Waals surface area contributed by atoms with E-state index in [0.29, 0.717) is 6.54 Å². The predicted molar refractivity (Wildman–Crippen MR) is 146 cm³/mol. The van der Waals surface area contributed by atoms with Gasteiger partial charge in [-0.3, -0.25) is 13.9 Å². The summed E-state index contributed by atoms with van der Waals surface area (Å²) in [6.45, 7) is 6.57. The lowest BCUT2D eigenvalue weighted by atomic mass is 10.1. The SMILES string of the molecule is Cc1ccc(S(=O)(=O)N(CC(=O)N(Cc2ccccc2F)[C@@H](C)C(=O)NCC(C)C)c2ccc(F)cc2)cc1. The van der Waals surface area contributed by atoms with Crippen molar-refractivity contribution in [2.24, 2.45) is 5.92 Å². The Morgan fingerprint density at radius 1 is 0.897 bits per heavy atom. The van der Waals surface area contributed by atoms with Gasteiger partial charge in [-0.05, 0) is 62.2 Å². The molecule has 0 bridgehead atoms. The van der Waals surface area contributed by atoms with Crippen LogP contribution in [0.5, 0.6) is 0 Å². The molecule has 0 aliphatic carbocycles. The van der Waals surface area contributed by atoms with Crippen molar-refractivity contribution >= 4 is 27.5 Å². The maximum Gasteiger partial charge on any atom is 0.264 e. The van der Waals surface area contributed by atoms with Crippen LogP contribution in [0.4, 0.5) is 14.5 Å². The lowest BCUT2D eigenvalue weighted by Gasteiger charge is -2.32. The maximum absolute atomic E-state index is 14.6. The Morgan fingerprint density at radius 3 is 2.10 bits per heavy atom. The first-order valence-electron chi connectivity index (χ1n) is 12.6. The van der Waals surface area contributed by atoms with E-state index in [4.69, 9.17) is 0 Å². The molecule has 0 aliphatic heterocycles. The minimum absolute atomic E-state index is 0.0615. The maximum atomic E-state index is 14.6. The molecule has 7 nitrogen and oxygen atoms in total. The van der Waals surface area contributed by atoms with Crippen molar-refractivity contribution in [1.29, 1.82) is 0 Å².